The van der Waals surface area contributed by atoms with E-state index in [0.717, 1.165) is 4.90 Å². The zero-order valence-corrected chi connectivity index (χ0v) is 25.0. The molecule has 42 heavy (non-hydrogen) atoms. The summed E-state index contributed by atoms with van der Waals surface area (Å²) in [5.41, 5.74) is 1.81. The topological polar surface area (TPSA) is 93.7 Å². The van der Waals surface area contributed by atoms with Crippen LogP contribution in [0.15, 0.2) is 102 Å². The SMILES string of the molecule is COc1ccc(/C=C(\NC(=O)c2ccccc2)C(=O)Nc2cccc(SCC(=O)c3ccc(Cl)cc3Cl)c2)c(OC)c1. The van der Waals surface area contributed by atoms with Gasteiger partial charge in [-0.15, -0.1) is 11.8 Å². The lowest BCUT2D eigenvalue weighted by molar-refractivity contribution is -0.113. The normalized spacial score (nSPS) is 11.0. The number of thioether (sulfide) groups is 1. The number of amides is 2. The van der Waals surface area contributed by atoms with Gasteiger partial charge in [-0.3, -0.25) is 14.4 Å². The van der Waals surface area contributed by atoms with E-state index in [4.69, 9.17) is 32.7 Å². The standard InChI is InChI=1S/C32H26Cl2N2O5S/c1-40-24-13-11-21(30(18-24)41-2)15-28(36-31(38)20-7-4-3-5-8-20)32(39)35-23-9-6-10-25(17-23)42-19-29(37)26-14-12-22(33)16-27(26)34/h3-18H,19H2,1-2H3,(H,35,39)(H,36,38)/b28-15-. The van der Waals surface area contributed by atoms with Gasteiger partial charge >= 0.3 is 0 Å². The molecule has 0 saturated carbocycles. The molecule has 0 saturated heterocycles. The van der Waals surface area contributed by atoms with Crippen LogP contribution in [0.3, 0.4) is 0 Å². The molecule has 0 aliphatic heterocycles. The summed E-state index contributed by atoms with van der Waals surface area (Å²) < 4.78 is 10.7. The van der Waals surface area contributed by atoms with Gasteiger partial charge in [0.1, 0.15) is 17.2 Å². The van der Waals surface area contributed by atoms with Gasteiger partial charge < -0.3 is 20.1 Å². The molecule has 0 aliphatic rings. The molecule has 2 N–H and O–H groups in total. The van der Waals surface area contributed by atoms with Crippen molar-refractivity contribution in [1.29, 1.82) is 0 Å². The van der Waals surface area contributed by atoms with Gasteiger partial charge in [-0.2, -0.15) is 0 Å². The maximum atomic E-state index is 13.5. The second-order valence-corrected chi connectivity index (χ2v) is 10.7. The lowest BCUT2D eigenvalue weighted by Crippen LogP contribution is -2.30. The van der Waals surface area contributed by atoms with Crippen LogP contribution in [0, 0.1) is 0 Å². The molecule has 4 aromatic carbocycles. The van der Waals surface area contributed by atoms with Crippen molar-refractivity contribution in [3.8, 4) is 11.5 Å². The van der Waals surface area contributed by atoms with Crippen LogP contribution in [0.25, 0.3) is 6.08 Å². The Kier molecular flexibility index (Phi) is 10.7. The van der Waals surface area contributed by atoms with Gasteiger partial charge in [-0.05, 0) is 66.7 Å². The summed E-state index contributed by atoms with van der Waals surface area (Å²) >= 11 is 13.4. The summed E-state index contributed by atoms with van der Waals surface area (Å²) in [5.74, 6) is 0.00989. The Morgan fingerprint density at radius 1 is 0.857 bits per heavy atom. The van der Waals surface area contributed by atoms with Gasteiger partial charge in [0.15, 0.2) is 5.78 Å². The number of nitrogens with one attached hydrogen (secondary N) is 2. The number of carbonyl (C=O) groups excluding carboxylic acids is 3. The van der Waals surface area contributed by atoms with Crippen LogP contribution in [0.4, 0.5) is 5.69 Å². The first-order chi connectivity index (χ1) is 20.3. The van der Waals surface area contributed by atoms with E-state index in [-0.39, 0.29) is 17.2 Å². The van der Waals surface area contributed by atoms with Crippen LogP contribution in [0.5, 0.6) is 11.5 Å². The number of methoxy groups -OCH3 is 2. The third-order valence-electron chi connectivity index (χ3n) is 5.96. The quantitative estimate of drug-likeness (QED) is 0.103. The second-order valence-electron chi connectivity index (χ2n) is 8.80. The number of hydrogen-bond donors (Lipinski definition) is 2. The Bertz CT molecular complexity index is 1640. The van der Waals surface area contributed by atoms with Crippen LogP contribution >= 0.6 is 35.0 Å². The molecular weight excluding hydrogens is 595 g/mol. The molecule has 0 aliphatic carbocycles. The molecule has 0 aromatic heterocycles. The van der Waals surface area contributed by atoms with E-state index in [2.05, 4.69) is 10.6 Å². The van der Waals surface area contributed by atoms with Crippen molar-refractivity contribution < 1.29 is 23.9 Å². The van der Waals surface area contributed by atoms with Crippen molar-refractivity contribution in [1.82, 2.24) is 5.32 Å². The Hall–Kier alpha value is -4.24. The Morgan fingerprint density at radius 3 is 2.36 bits per heavy atom. The third-order valence-corrected chi connectivity index (χ3v) is 7.50. The number of benzene rings is 4. The van der Waals surface area contributed by atoms with E-state index in [1.54, 1.807) is 86.0 Å². The number of ether oxygens (including phenoxy) is 2. The van der Waals surface area contributed by atoms with Gasteiger partial charge in [-0.1, -0.05) is 47.5 Å². The van der Waals surface area contributed by atoms with Crippen molar-refractivity contribution in [2.75, 3.05) is 25.3 Å². The highest BCUT2D eigenvalue weighted by Gasteiger charge is 2.17. The molecule has 10 heteroatoms. The summed E-state index contributed by atoms with van der Waals surface area (Å²) in [7, 11) is 3.04. The van der Waals surface area contributed by atoms with Gasteiger partial charge in [0.25, 0.3) is 11.8 Å². The fourth-order valence-electron chi connectivity index (χ4n) is 3.84. The second kappa shape index (κ2) is 14.6. The van der Waals surface area contributed by atoms with E-state index in [0.29, 0.717) is 43.9 Å². The monoisotopic (exact) mass is 620 g/mol. The van der Waals surface area contributed by atoms with Crippen molar-refractivity contribution in [2.24, 2.45) is 0 Å². The molecule has 0 atom stereocenters. The number of rotatable bonds is 11. The highest BCUT2D eigenvalue weighted by molar-refractivity contribution is 8.00. The van der Waals surface area contributed by atoms with E-state index in [1.807, 2.05) is 6.07 Å². The predicted octanol–water partition coefficient (Wildman–Crippen LogP) is 7.40. The molecule has 0 fully saturated rings. The molecular formula is C32H26Cl2N2O5S. The van der Waals surface area contributed by atoms with Crippen LogP contribution in [0.2, 0.25) is 10.0 Å². The fraction of sp³-hybridized carbons (Fsp3) is 0.0938. The van der Waals surface area contributed by atoms with Gasteiger partial charge in [0.2, 0.25) is 0 Å². The van der Waals surface area contributed by atoms with E-state index >= 15 is 0 Å². The van der Waals surface area contributed by atoms with Gasteiger partial charge in [-0.25, -0.2) is 0 Å². The van der Waals surface area contributed by atoms with E-state index in [1.165, 1.54) is 31.0 Å². The minimum absolute atomic E-state index is 0.00191. The molecule has 4 rings (SSSR count). The van der Waals surface area contributed by atoms with E-state index < -0.39 is 11.8 Å². The lowest BCUT2D eigenvalue weighted by atomic mass is 10.1. The number of hydrogen-bond acceptors (Lipinski definition) is 6. The number of carbonyl (C=O) groups is 3. The number of Topliss-reactive ketones (excluding diaryl/α,β-unsaturated/α-hetero) is 1. The molecule has 0 radical (unpaired) electrons. The summed E-state index contributed by atoms with van der Waals surface area (Å²) in [6.45, 7) is 0. The summed E-state index contributed by atoms with van der Waals surface area (Å²) in [5, 5.41) is 6.29. The minimum Gasteiger partial charge on any atom is -0.497 e. The number of ketones is 1. The molecule has 2 amide bonds. The van der Waals surface area contributed by atoms with Crippen molar-refractivity contribution in [2.45, 2.75) is 4.90 Å². The smallest absolute Gasteiger partial charge is 0.272 e. The van der Waals surface area contributed by atoms with Crippen LogP contribution in [-0.2, 0) is 4.79 Å². The number of anilines is 1. The van der Waals surface area contributed by atoms with Crippen LogP contribution < -0.4 is 20.1 Å². The first-order valence-electron chi connectivity index (χ1n) is 12.6. The highest BCUT2D eigenvalue weighted by Crippen LogP contribution is 2.28. The van der Waals surface area contributed by atoms with Crippen molar-refractivity contribution in [3.63, 3.8) is 0 Å². The summed E-state index contributed by atoms with van der Waals surface area (Å²) in [6, 6.07) is 25.5. The molecule has 0 spiro atoms. The van der Waals surface area contributed by atoms with Gasteiger partial charge in [0, 0.05) is 38.4 Å². The van der Waals surface area contributed by atoms with Crippen LogP contribution in [-0.4, -0.2) is 37.6 Å². The number of halogens is 2. The fourth-order valence-corrected chi connectivity index (χ4v) is 5.19. The molecule has 0 bridgehead atoms. The average Bonchev–Trinajstić information content (AvgIpc) is 3.00. The molecule has 0 unspecified atom stereocenters. The minimum atomic E-state index is -0.552. The largest absolute Gasteiger partial charge is 0.497 e. The molecule has 7 nitrogen and oxygen atoms in total. The molecule has 4 aromatic rings. The molecule has 0 heterocycles. The highest BCUT2D eigenvalue weighted by atomic mass is 35.5. The Balaban J connectivity index is 1.54. The summed E-state index contributed by atoms with van der Waals surface area (Å²) in [4.78, 5) is 39.9. The Labute approximate surface area is 257 Å². The first kappa shape index (κ1) is 30.7. The van der Waals surface area contributed by atoms with Crippen LogP contribution in [0.1, 0.15) is 26.3 Å². The molecule has 214 valence electrons. The third kappa shape index (κ3) is 8.16. The predicted molar refractivity (Wildman–Crippen MR) is 168 cm³/mol. The maximum absolute atomic E-state index is 13.5. The average molecular weight is 622 g/mol. The van der Waals surface area contributed by atoms with E-state index in [9.17, 15) is 14.4 Å². The zero-order chi connectivity index (χ0) is 30.1. The van der Waals surface area contributed by atoms with Crippen molar-refractivity contribution in [3.05, 3.63) is 123 Å². The van der Waals surface area contributed by atoms with Crippen molar-refractivity contribution >= 4 is 64.3 Å². The van der Waals surface area contributed by atoms with Gasteiger partial charge in [0.05, 0.1) is 25.0 Å². The summed E-state index contributed by atoms with van der Waals surface area (Å²) in [6.07, 6.45) is 1.53. The first-order valence-corrected chi connectivity index (χ1v) is 14.3. The Morgan fingerprint density at radius 2 is 1.64 bits per heavy atom. The lowest BCUT2D eigenvalue weighted by Gasteiger charge is -2.13. The maximum Gasteiger partial charge on any atom is 0.272 e. The zero-order valence-electron chi connectivity index (χ0n) is 22.7.